The number of nitrogens with zero attached hydrogens (tertiary/aromatic N) is 1. The van der Waals surface area contributed by atoms with E-state index < -0.39 is 0 Å². The molecule has 0 saturated heterocycles. The van der Waals surface area contributed by atoms with Crippen molar-refractivity contribution in [1.82, 2.24) is 4.98 Å². The highest BCUT2D eigenvalue weighted by Crippen LogP contribution is 2.20. The van der Waals surface area contributed by atoms with E-state index in [1.807, 2.05) is 24.4 Å². The lowest BCUT2D eigenvalue weighted by atomic mass is 10.1. The third-order valence-electron chi connectivity index (χ3n) is 3.04. The van der Waals surface area contributed by atoms with E-state index in [4.69, 9.17) is 5.73 Å². The van der Waals surface area contributed by atoms with Crippen LogP contribution in [-0.2, 0) is 0 Å². The SMILES string of the molecule is CC(C)C(N)CNc1nccc2ccccc12. The van der Waals surface area contributed by atoms with Gasteiger partial charge in [-0.3, -0.25) is 0 Å². The van der Waals surface area contributed by atoms with Crippen LogP contribution in [-0.4, -0.2) is 17.6 Å². The fourth-order valence-electron chi connectivity index (χ4n) is 1.71. The van der Waals surface area contributed by atoms with Crippen LogP contribution < -0.4 is 11.1 Å². The second-order valence-electron chi connectivity index (χ2n) is 4.67. The summed E-state index contributed by atoms with van der Waals surface area (Å²) < 4.78 is 0. The van der Waals surface area contributed by atoms with Gasteiger partial charge in [0.25, 0.3) is 0 Å². The molecule has 3 N–H and O–H groups in total. The minimum absolute atomic E-state index is 0.149. The Balaban J connectivity index is 2.19. The van der Waals surface area contributed by atoms with Gasteiger partial charge in [0.1, 0.15) is 5.82 Å². The maximum atomic E-state index is 6.02. The predicted molar refractivity (Wildman–Crippen MR) is 73.0 cm³/mol. The zero-order valence-electron chi connectivity index (χ0n) is 10.4. The van der Waals surface area contributed by atoms with Crippen LogP contribution in [0.2, 0.25) is 0 Å². The van der Waals surface area contributed by atoms with Gasteiger partial charge >= 0.3 is 0 Å². The molecule has 0 aliphatic carbocycles. The molecular formula is C14H19N3. The van der Waals surface area contributed by atoms with Crippen molar-refractivity contribution in [2.24, 2.45) is 11.7 Å². The van der Waals surface area contributed by atoms with Crippen molar-refractivity contribution in [1.29, 1.82) is 0 Å². The van der Waals surface area contributed by atoms with Gasteiger partial charge < -0.3 is 11.1 Å². The first-order valence-electron chi connectivity index (χ1n) is 6.01. The van der Waals surface area contributed by atoms with Crippen molar-refractivity contribution in [3.05, 3.63) is 36.5 Å². The molecule has 2 aromatic rings. The number of fused-ring (bicyclic) bond motifs is 1. The summed E-state index contributed by atoms with van der Waals surface area (Å²) in [4.78, 5) is 4.37. The van der Waals surface area contributed by atoms with E-state index in [9.17, 15) is 0 Å². The van der Waals surface area contributed by atoms with Gasteiger partial charge in [0.15, 0.2) is 0 Å². The first kappa shape index (κ1) is 11.9. The molecule has 0 aliphatic heterocycles. The smallest absolute Gasteiger partial charge is 0.133 e. The van der Waals surface area contributed by atoms with Gasteiger partial charge in [-0.1, -0.05) is 38.1 Å². The van der Waals surface area contributed by atoms with Crippen LogP contribution in [0.5, 0.6) is 0 Å². The average molecular weight is 229 g/mol. The van der Waals surface area contributed by atoms with Crippen molar-refractivity contribution in [2.75, 3.05) is 11.9 Å². The lowest BCUT2D eigenvalue weighted by molar-refractivity contribution is 0.511. The van der Waals surface area contributed by atoms with E-state index >= 15 is 0 Å². The molecule has 1 aromatic heterocycles. The monoisotopic (exact) mass is 229 g/mol. The lowest BCUT2D eigenvalue weighted by Crippen LogP contribution is -2.34. The number of hydrogen-bond donors (Lipinski definition) is 2. The molecule has 3 heteroatoms. The third kappa shape index (κ3) is 2.74. The number of hydrogen-bond acceptors (Lipinski definition) is 3. The Kier molecular flexibility index (Phi) is 3.59. The van der Waals surface area contributed by atoms with Crippen LogP contribution in [0.3, 0.4) is 0 Å². The molecule has 0 spiro atoms. The molecule has 0 bridgehead atoms. The molecule has 0 saturated carbocycles. The lowest BCUT2D eigenvalue weighted by Gasteiger charge is -2.17. The third-order valence-corrected chi connectivity index (χ3v) is 3.04. The van der Waals surface area contributed by atoms with E-state index in [2.05, 4.69) is 36.3 Å². The summed E-state index contributed by atoms with van der Waals surface area (Å²) in [5.41, 5.74) is 6.02. The standard InChI is InChI=1S/C14H19N3/c1-10(2)13(15)9-17-14-12-6-4-3-5-11(12)7-8-16-14/h3-8,10,13H,9,15H2,1-2H3,(H,16,17). The second-order valence-corrected chi connectivity index (χ2v) is 4.67. The quantitative estimate of drug-likeness (QED) is 0.847. The van der Waals surface area contributed by atoms with E-state index in [1.165, 1.54) is 5.39 Å². The van der Waals surface area contributed by atoms with Crippen LogP contribution in [0.4, 0.5) is 5.82 Å². The summed E-state index contributed by atoms with van der Waals surface area (Å²) in [7, 11) is 0. The zero-order valence-corrected chi connectivity index (χ0v) is 10.4. The Morgan fingerprint density at radius 1 is 1.24 bits per heavy atom. The summed E-state index contributed by atoms with van der Waals surface area (Å²) in [6.07, 6.45) is 1.82. The van der Waals surface area contributed by atoms with E-state index in [0.29, 0.717) is 5.92 Å². The van der Waals surface area contributed by atoms with E-state index in [1.54, 1.807) is 0 Å². The van der Waals surface area contributed by atoms with Crippen LogP contribution >= 0.6 is 0 Å². The molecule has 0 fully saturated rings. The van der Waals surface area contributed by atoms with Gasteiger partial charge in [0.05, 0.1) is 0 Å². The van der Waals surface area contributed by atoms with E-state index in [0.717, 1.165) is 17.7 Å². The normalized spacial score (nSPS) is 12.9. The molecule has 1 atom stereocenters. The molecule has 1 heterocycles. The molecule has 2 rings (SSSR count). The highest BCUT2D eigenvalue weighted by molar-refractivity contribution is 5.91. The fourth-order valence-corrected chi connectivity index (χ4v) is 1.71. The van der Waals surface area contributed by atoms with Crippen LogP contribution in [0.1, 0.15) is 13.8 Å². The van der Waals surface area contributed by atoms with Crippen molar-refractivity contribution in [3.8, 4) is 0 Å². The molecular weight excluding hydrogens is 210 g/mol. The van der Waals surface area contributed by atoms with Gasteiger partial charge in [-0.25, -0.2) is 4.98 Å². The summed E-state index contributed by atoms with van der Waals surface area (Å²) in [6, 6.07) is 10.4. The number of benzene rings is 1. The Morgan fingerprint density at radius 3 is 2.76 bits per heavy atom. The van der Waals surface area contributed by atoms with E-state index in [-0.39, 0.29) is 6.04 Å². The maximum absolute atomic E-state index is 6.02. The van der Waals surface area contributed by atoms with Gasteiger partial charge in [-0.2, -0.15) is 0 Å². The van der Waals surface area contributed by atoms with Crippen LogP contribution in [0, 0.1) is 5.92 Å². The Labute approximate surface area is 102 Å². The molecule has 17 heavy (non-hydrogen) atoms. The largest absolute Gasteiger partial charge is 0.368 e. The maximum Gasteiger partial charge on any atom is 0.133 e. The summed E-state index contributed by atoms with van der Waals surface area (Å²) >= 11 is 0. The van der Waals surface area contributed by atoms with Crippen LogP contribution in [0.15, 0.2) is 36.5 Å². The average Bonchev–Trinajstić information content (AvgIpc) is 2.35. The summed E-state index contributed by atoms with van der Waals surface area (Å²) in [5, 5.41) is 5.67. The zero-order chi connectivity index (χ0) is 12.3. The van der Waals surface area contributed by atoms with Crippen molar-refractivity contribution in [2.45, 2.75) is 19.9 Å². The second kappa shape index (κ2) is 5.15. The number of rotatable bonds is 4. The van der Waals surface area contributed by atoms with Crippen molar-refractivity contribution >= 4 is 16.6 Å². The number of nitrogens with one attached hydrogen (secondary N) is 1. The summed E-state index contributed by atoms with van der Waals surface area (Å²) in [6.45, 7) is 5.00. The number of anilines is 1. The topological polar surface area (TPSA) is 50.9 Å². The Bertz CT molecular complexity index is 488. The van der Waals surface area contributed by atoms with Gasteiger partial charge in [0.2, 0.25) is 0 Å². The van der Waals surface area contributed by atoms with Gasteiger partial charge in [-0.05, 0) is 17.4 Å². The molecule has 1 aromatic carbocycles. The Morgan fingerprint density at radius 2 is 2.00 bits per heavy atom. The molecule has 90 valence electrons. The highest BCUT2D eigenvalue weighted by atomic mass is 15.0. The molecule has 1 unspecified atom stereocenters. The van der Waals surface area contributed by atoms with Crippen molar-refractivity contribution in [3.63, 3.8) is 0 Å². The molecule has 0 amide bonds. The first-order valence-corrected chi connectivity index (χ1v) is 6.01. The molecule has 0 aliphatic rings. The fraction of sp³-hybridized carbons (Fsp3) is 0.357. The predicted octanol–water partition coefficient (Wildman–Crippen LogP) is 2.63. The first-order chi connectivity index (χ1) is 8.18. The molecule has 3 nitrogen and oxygen atoms in total. The minimum Gasteiger partial charge on any atom is -0.368 e. The van der Waals surface area contributed by atoms with Gasteiger partial charge in [0, 0.05) is 24.2 Å². The Hall–Kier alpha value is -1.61. The molecule has 0 radical (unpaired) electrons. The number of nitrogens with two attached hydrogens (primary N) is 1. The number of pyridine rings is 1. The number of aromatic nitrogens is 1. The van der Waals surface area contributed by atoms with Gasteiger partial charge in [-0.15, -0.1) is 0 Å². The van der Waals surface area contributed by atoms with Crippen molar-refractivity contribution < 1.29 is 0 Å². The highest BCUT2D eigenvalue weighted by Gasteiger charge is 2.08. The minimum atomic E-state index is 0.149. The summed E-state index contributed by atoms with van der Waals surface area (Å²) in [5.74, 6) is 1.39. The van der Waals surface area contributed by atoms with Crippen LogP contribution in [0.25, 0.3) is 10.8 Å².